The second kappa shape index (κ2) is 5.32. The number of nitrogens with one attached hydrogen (secondary N) is 1. The second-order valence-corrected chi connectivity index (χ2v) is 4.50. The van der Waals surface area contributed by atoms with Crippen LogP contribution in [0.15, 0.2) is 24.3 Å². The Morgan fingerprint density at radius 1 is 1.44 bits per heavy atom. The Kier molecular flexibility index (Phi) is 3.80. The Balaban J connectivity index is 1.81. The van der Waals surface area contributed by atoms with E-state index in [1.807, 2.05) is 12.1 Å². The fourth-order valence-electron chi connectivity index (χ4n) is 2.11. The second-order valence-electron chi connectivity index (χ2n) is 4.50. The van der Waals surface area contributed by atoms with Crippen molar-refractivity contribution in [2.75, 3.05) is 13.2 Å². The van der Waals surface area contributed by atoms with Crippen LogP contribution in [0.5, 0.6) is 5.75 Å². The van der Waals surface area contributed by atoms with Crippen LogP contribution < -0.4 is 5.32 Å². The van der Waals surface area contributed by atoms with Gasteiger partial charge in [0.05, 0.1) is 6.61 Å². The molecule has 0 saturated carbocycles. The lowest BCUT2D eigenvalue weighted by Crippen LogP contribution is -2.38. The van der Waals surface area contributed by atoms with Gasteiger partial charge >= 0.3 is 0 Å². The predicted molar refractivity (Wildman–Crippen MR) is 63.6 cm³/mol. The van der Waals surface area contributed by atoms with Gasteiger partial charge in [0.25, 0.3) is 0 Å². The molecule has 0 bridgehead atoms. The summed E-state index contributed by atoms with van der Waals surface area (Å²) in [4.78, 5) is 0. The van der Waals surface area contributed by atoms with E-state index in [4.69, 9.17) is 4.74 Å². The number of hydrogen-bond acceptors (Lipinski definition) is 3. The first-order chi connectivity index (χ1) is 7.74. The van der Waals surface area contributed by atoms with Crippen molar-refractivity contribution in [2.24, 2.45) is 0 Å². The van der Waals surface area contributed by atoms with E-state index < -0.39 is 0 Å². The van der Waals surface area contributed by atoms with Crippen LogP contribution in [0.2, 0.25) is 0 Å². The number of phenols is 1. The lowest BCUT2D eigenvalue weighted by atomic mass is 10.1. The van der Waals surface area contributed by atoms with Crippen molar-refractivity contribution < 1.29 is 9.84 Å². The molecule has 1 heterocycles. The third-order valence-electron chi connectivity index (χ3n) is 2.93. The minimum atomic E-state index is 0.327. The Morgan fingerprint density at radius 2 is 2.19 bits per heavy atom. The van der Waals surface area contributed by atoms with E-state index in [2.05, 4.69) is 12.2 Å². The molecule has 16 heavy (non-hydrogen) atoms. The molecule has 0 amide bonds. The summed E-state index contributed by atoms with van der Waals surface area (Å²) in [5.74, 6) is 0.327. The molecule has 3 heteroatoms. The van der Waals surface area contributed by atoms with Gasteiger partial charge in [0.2, 0.25) is 0 Å². The van der Waals surface area contributed by atoms with Crippen LogP contribution in [0.25, 0.3) is 0 Å². The summed E-state index contributed by atoms with van der Waals surface area (Å²) in [7, 11) is 0. The van der Waals surface area contributed by atoms with Crippen LogP contribution in [0.1, 0.15) is 18.9 Å². The summed E-state index contributed by atoms with van der Waals surface area (Å²) in [6.45, 7) is 3.90. The Bertz CT molecular complexity index is 317. The van der Waals surface area contributed by atoms with Gasteiger partial charge in [-0.3, -0.25) is 0 Å². The van der Waals surface area contributed by atoms with E-state index in [9.17, 15) is 5.11 Å². The molecular formula is C13H19NO2. The molecule has 0 aromatic heterocycles. The van der Waals surface area contributed by atoms with Gasteiger partial charge in [-0.25, -0.2) is 0 Å². The van der Waals surface area contributed by atoms with Crippen LogP contribution in [0.3, 0.4) is 0 Å². The molecule has 0 aliphatic carbocycles. The Hall–Kier alpha value is -1.06. The maximum atomic E-state index is 9.19. The molecule has 1 aliphatic heterocycles. The number of aromatic hydroxyl groups is 1. The number of benzene rings is 1. The molecular weight excluding hydrogens is 202 g/mol. The molecule has 2 N–H and O–H groups in total. The third kappa shape index (κ3) is 3.22. The minimum Gasteiger partial charge on any atom is -0.508 e. The van der Waals surface area contributed by atoms with Crippen LogP contribution >= 0.6 is 0 Å². The Morgan fingerprint density at radius 3 is 2.81 bits per heavy atom. The molecule has 2 rings (SSSR count). The first kappa shape index (κ1) is 11.4. The lowest BCUT2D eigenvalue weighted by molar-refractivity contribution is 0.188. The van der Waals surface area contributed by atoms with Gasteiger partial charge in [0.1, 0.15) is 5.75 Å². The Labute approximate surface area is 96.4 Å². The summed E-state index contributed by atoms with van der Waals surface area (Å²) >= 11 is 0. The van der Waals surface area contributed by atoms with Crippen LogP contribution in [0.4, 0.5) is 0 Å². The van der Waals surface area contributed by atoms with E-state index >= 15 is 0 Å². The number of phenolic OH excluding ortho intramolecular Hbond substituents is 1. The van der Waals surface area contributed by atoms with Gasteiger partial charge in [-0.05, 0) is 37.5 Å². The van der Waals surface area contributed by atoms with Crippen molar-refractivity contribution in [3.05, 3.63) is 29.8 Å². The highest BCUT2D eigenvalue weighted by Gasteiger charge is 2.17. The standard InChI is InChI=1S/C13H19NO2/c1-10(14-12-6-7-16-9-12)8-11-2-4-13(15)5-3-11/h2-5,10,12,14-15H,6-9H2,1H3. The molecule has 1 aliphatic rings. The molecule has 0 radical (unpaired) electrons. The van der Waals surface area contributed by atoms with Crippen molar-refractivity contribution in [3.8, 4) is 5.75 Å². The van der Waals surface area contributed by atoms with Gasteiger partial charge in [-0.1, -0.05) is 12.1 Å². The van der Waals surface area contributed by atoms with Crippen LogP contribution in [-0.2, 0) is 11.2 Å². The normalized spacial score (nSPS) is 22.2. The first-order valence-corrected chi connectivity index (χ1v) is 5.86. The molecule has 1 aromatic carbocycles. The number of rotatable bonds is 4. The fourth-order valence-corrected chi connectivity index (χ4v) is 2.11. The zero-order valence-electron chi connectivity index (χ0n) is 9.65. The average Bonchev–Trinajstić information content (AvgIpc) is 2.74. The van der Waals surface area contributed by atoms with Crippen molar-refractivity contribution in [3.63, 3.8) is 0 Å². The van der Waals surface area contributed by atoms with E-state index in [0.717, 1.165) is 26.1 Å². The quantitative estimate of drug-likeness (QED) is 0.813. The van der Waals surface area contributed by atoms with E-state index in [1.165, 1.54) is 5.56 Å². The summed E-state index contributed by atoms with van der Waals surface area (Å²) < 4.78 is 5.33. The van der Waals surface area contributed by atoms with E-state index in [0.29, 0.717) is 17.8 Å². The zero-order valence-corrected chi connectivity index (χ0v) is 9.65. The largest absolute Gasteiger partial charge is 0.508 e. The monoisotopic (exact) mass is 221 g/mol. The highest BCUT2D eigenvalue weighted by Crippen LogP contribution is 2.12. The van der Waals surface area contributed by atoms with Crippen molar-refractivity contribution in [2.45, 2.75) is 31.8 Å². The van der Waals surface area contributed by atoms with Gasteiger partial charge in [-0.2, -0.15) is 0 Å². The topological polar surface area (TPSA) is 41.5 Å². The minimum absolute atomic E-state index is 0.327. The molecule has 2 unspecified atom stereocenters. The highest BCUT2D eigenvalue weighted by atomic mass is 16.5. The predicted octanol–water partition coefficient (Wildman–Crippen LogP) is 1.70. The summed E-state index contributed by atoms with van der Waals surface area (Å²) in [5, 5.41) is 12.7. The molecule has 1 fully saturated rings. The van der Waals surface area contributed by atoms with E-state index in [-0.39, 0.29) is 0 Å². The number of hydrogen-bond donors (Lipinski definition) is 2. The summed E-state index contributed by atoms with van der Waals surface area (Å²) in [6.07, 6.45) is 2.09. The third-order valence-corrected chi connectivity index (χ3v) is 2.93. The average molecular weight is 221 g/mol. The van der Waals surface area contributed by atoms with Crippen molar-refractivity contribution >= 4 is 0 Å². The molecule has 88 valence electrons. The zero-order chi connectivity index (χ0) is 11.4. The van der Waals surface area contributed by atoms with Crippen molar-refractivity contribution in [1.29, 1.82) is 0 Å². The van der Waals surface area contributed by atoms with Gasteiger partial charge < -0.3 is 15.2 Å². The van der Waals surface area contributed by atoms with Gasteiger partial charge in [0, 0.05) is 18.7 Å². The number of ether oxygens (including phenoxy) is 1. The maximum Gasteiger partial charge on any atom is 0.115 e. The molecule has 3 nitrogen and oxygen atoms in total. The molecule has 0 spiro atoms. The fraction of sp³-hybridized carbons (Fsp3) is 0.538. The van der Waals surface area contributed by atoms with Gasteiger partial charge in [0.15, 0.2) is 0 Å². The van der Waals surface area contributed by atoms with Crippen LogP contribution in [-0.4, -0.2) is 30.4 Å². The van der Waals surface area contributed by atoms with E-state index in [1.54, 1.807) is 12.1 Å². The van der Waals surface area contributed by atoms with Crippen LogP contribution in [0, 0.1) is 0 Å². The summed E-state index contributed by atoms with van der Waals surface area (Å²) in [5.41, 5.74) is 1.25. The summed E-state index contributed by atoms with van der Waals surface area (Å²) in [6, 6.07) is 8.36. The SMILES string of the molecule is CC(Cc1ccc(O)cc1)NC1CCOC1. The van der Waals surface area contributed by atoms with Gasteiger partial charge in [-0.15, -0.1) is 0 Å². The highest BCUT2D eigenvalue weighted by molar-refractivity contribution is 5.26. The maximum absolute atomic E-state index is 9.19. The molecule has 2 atom stereocenters. The van der Waals surface area contributed by atoms with Crippen molar-refractivity contribution in [1.82, 2.24) is 5.32 Å². The first-order valence-electron chi connectivity index (χ1n) is 5.86. The smallest absolute Gasteiger partial charge is 0.115 e. The molecule has 1 saturated heterocycles. The molecule has 1 aromatic rings. The lowest BCUT2D eigenvalue weighted by Gasteiger charge is -2.18.